The van der Waals surface area contributed by atoms with Gasteiger partial charge in [-0.3, -0.25) is 4.79 Å². The second kappa shape index (κ2) is 5.89. The zero-order chi connectivity index (χ0) is 16.6. The van der Waals surface area contributed by atoms with Gasteiger partial charge in [-0.25, -0.2) is 0 Å². The lowest BCUT2D eigenvalue weighted by Crippen LogP contribution is -2.42. The molecule has 2 rings (SSSR count). The summed E-state index contributed by atoms with van der Waals surface area (Å²) in [5, 5.41) is 9.88. The van der Waals surface area contributed by atoms with Crippen molar-refractivity contribution in [3.05, 3.63) is 0 Å². The molecule has 22 heavy (non-hydrogen) atoms. The number of carbonyl (C=O) groups is 1. The molecule has 6 heteroatoms. The third kappa shape index (κ3) is 3.40. The van der Waals surface area contributed by atoms with Gasteiger partial charge in [0.05, 0.1) is 18.6 Å². The molecule has 1 saturated carbocycles. The SMILES string of the molecule is CC(C)(C)[Si](C)(C)OCCC1(C(=O)O)CCC2(C1)OCCO2. The van der Waals surface area contributed by atoms with Crippen LogP contribution in [0.15, 0.2) is 0 Å². The highest BCUT2D eigenvalue weighted by molar-refractivity contribution is 6.74. The van der Waals surface area contributed by atoms with Crippen LogP contribution in [0.25, 0.3) is 0 Å². The molecule has 1 saturated heterocycles. The average molecular weight is 330 g/mol. The Hall–Kier alpha value is -0.433. The number of hydrogen-bond donors (Lipinski definition) is 1. The Labute approximate surface area is 134 Å². The van der Waals surface area contributed by atoms with Crippen LogP contribution in [0.5, 0.6) is 0 Å². The molecular formula is C16H30O5Si. The number of carboxylic acids is 1. The first-order valence-corrected chi connectivity index (χ1v) is 11.1. The van der Waals surface area contributed by atoms with Gasteiger partial charge in [0.1, 0.15) is 0 Å². The smallest absolute Gasteiger partial charge is 0.309 e. The van der Waals surface area contributed by atoms with E-state index in [-0.39, 0.29) is 5.04 Å². The molecule has 1 N–H and O–H groups in total. The molecule has 1 aliphatic carbocycles. The van der Waals surface area contributed by atoms with E-state index in [1.165, 1.54) is 0 Å². The second-order valence-corrected chi connectivity index (χ2v) is 13.0. The molecule has 0 aromatic heterocycles. The number of aliphatic carboxylic acids is 1. The fraction of sp³-hybridized carbons (Fsp3) is 0.938. The molecule has 0 aromatic rings. The number of rotatable bonds is 5. The fourth-order valence-corrected chi connectivity index (χ4v) is 4.13. The highest BCUT2D eigenvalue weighted by Crippen LogP contribution is 2.50. The molecule has 2 fully saturated rings. The van der Waals surface area contributed by atoms with E-state index >= 15 is 0 Å². The van der Waals surface area contributed by atoms with E-state index in [4.69, 9.17) is 13.9 Å². The molecule has 2 aliphatic rings. The Morgan fingerprint density at radius 3 is 2.32 bits per heavy atom. The molecule has 0 radical (unpaired) electrons. The predicted molar refractivity (Wildman–Crippen MR) is 86.3 cm³/mol. The maximum Gasteiger partial charge on any atom is 0.309 e. The molecule has 0 amide bonds. The maximum atomic E-state index is 11.9. The monoisotopic (exact) mass is 330 g/mol. The van der Waals surface area contributed by atoms with Crippen LogP contribution < -0.4 is 0 Å². The van der Waals surface area contributed by atoms with Gasteiger partial charge in [-0.05, 0) is 31.0 Å². The Morgan fingerprint density at radius 1 is 1.23 bits per heavy atom. The van der Waals surface area contributed by atoms with Crippen LogP contribution in [0.4, 0.5) is 0 Å². The first kappa shape index (κ1) is 17.9. The van der Waals surface area contributed by atoms with Crippen molar-refractivity contribution in [2.24, 2.45) is 5.41 Å². The van der Waals surface area contributed by atoms with Gasteiger partial charge in [0.2, 0.25) is 0 Å². The third-order valence-electron chi connectivity index (χ3n) is 5.71. The minimum atomic E-state index is -1.84. The quantitative estimate of drug-likeness (QED) is 0.783. The molecule has 1 heterocycles. The zero-order valence-corrected chi connectivity index (χ0v) is 15.5. The molecule has 1 atom stereocenters. The van der Waals surface area contributed by atoms with Crippen molar-refractivity contribution >= 4 is 14.3 Å². The first-order chi connectivity index (χ1) is 10.0. The van der Waals surface area contributed by atoms with Crippen LogP contribution >= 0.6 is 0 Å². The van der Waals surface area contributed by atoms with E-state index in [0.717, 1.165) is 0 Å². The number of hydrogen-bond acceptors (Lipinski definition) is 4. The molecule has 1 unspecified atom stereocenters. The van der Waals surface area contributed by atoms with E-state index in [0.29, 0.717) is 45.5 Å². The van der Waals surface area contributed by atoms with E-state index in [2.05, 4.69) is 33.9 Å². The summed E-state index contributed by atoms with van der Waals surface area (Å²) in [6, 6.07) is 0. The maximum absolute atomic E-state index is 11.9. The van der Waals surface area contributed by atoms with Crippen molar-refractivity contribution in [3.8, 4) is 0 Å². The van der Waals surface area contributed by atoms with E-state index < -0.39 is 25.5 Å². The second-order valence-electron chi connectivity index (χ2n) is 8.23. The van der Waals surface area contributed by atoms with Crippen molar-refractivity contribution in [2.75, 3.05) is 19.8 Å². The van der Waals surface area contributed by atoms with Gasteiger partial charge in [0.25, 0.3) is 0 Å². The van der Waals surface area contributed by atoms with Crippen LogP contribution in [0.2, 0.25) is 18.1 Å². The van der Waals surface area contributed by atoms with E-state index in [1.54, 1.807) is 0 Å². The Bertz CT molecular complexity index is 423. The molecule has 1 aliphatic heterocycles. The van der Waals surface area contributed by atoms with Crippen molar-refractivity contribution in [1.29, 1.82) is 0 Å². The van der Waals surface area contributed by atoms with Gasteiger partial charge >= 0.3 is 5.97 Å². The van der Waals surface area contributed by atoms with Crippen molar-refractivity contribution in [2.45, 2.75) is 70.4 Å². The number of ether oxygens (including phenoxy) is 2. The van der Waals surface area contributed by atoms with Crippen molar-refractivity contribution in [3.63, 3.8) is 0 Å². The van der Waals surface area contributed by atoms with E-state index in [1.807, 2.05) is 0 Å². The van der Waals surface area contributed by atoms with Crippen LogP contribution in [0.1, 0.15) is 46.5 Å². The van der Waals surface area contributed by atoms with Gasteiger partial charge < -0.3 is 19.0 Å². The van der Waals surface area contributed by atoms with Gasteiger partial charge in [0.15, 0.2) is 14.1 Å². The minimum absolute atomic E-state index is 0.137. The summed E-state index contributed by atoms with van der Waals surface area (Å²) >= 11 is 0. The topological polar surface area (TPSA) is 65.0 Å². The summed E-state index contributed by atoms with van der Waals surface area (Å²) in [7, 11) is -1.84. The van der Waals surface area contributed by atoms with Gasteiger partial charge in [0, 0.05) is 19.4 Å². The summed E-state index contributed by atoms with van der Waals surface area (Å²) < 4.78 is 17.6. The summed E-state index contributed by atoms with van der Waals surface area (Å²) in [5.74, 6) is -1.41. The largest absolute Gasteiger partial charge is 0.481 e. The molecule has 0 aromatic carbocycles. The van der Waals surface area contributed by atoms with Crippen molar-refractivity contribution < 1.29 is 23.8 Å². The molecule has 1 spiro atoms. The molecule has 0 bridgehead atoms. The molecular weight excluding hydrogens is 300 g/mol. The van der Waals surface area contributed by atoms with Crippen LogP contribution in [-0.4, -0.2) is 45.0 Å². The highest BCUT2D eigenvalue weighted by Gasteiger charge is 2.55. The summed E-state index contributed by atoms with van der Waals surface area (Å²) in [6.45, 7) is 12.6. The Kier molecular flexibility index (Phi) is 4.80. The first-order valence-electron chi connectivity index (χ1n) is 8.17. The Balaban J connectivity index is 1.98. The van der Waals surface area contributed by atoms with Gasteiger partial charge in [-0.15, -0.1) is 0 Å². The van der Waals surface area contributed by atoms with E-state index in [9.17, 15) is 9.90 Å². The summed E-state index contributed by atoms with van der Waals surface area (Å²) in [4.78, 5) is 11.9. The summed E-state index contributed by atoms with van der Waals surface area (Å²) in [6.07, 6.45) is 2.24. The lowest BCUT2D eigenvalue weighted by Gasteiger charge is -2.37. The standard InChI is InChI=1S/C16H30O5Si/c1-14(2,3)22(4,5)21-9-8-15(13(17)18)6-7-16(12-15)19-10-11-20-16/h6-12H2,1-5H3,(H,17,18). The fourth-order valence-electron chi connectivity index (χ4n) is 3.09. The zero-order valence-electron chi connectivity index (χ0n) is 14.5. The van der Waals surface area contributed by atoms with Crippen molar-refractivity contribution in [1.82, 2.24) is 0 Å². The van der Waals surface area contributed by atoms with Crippen LogP contribution in [-0.2, 0) is 18.7 Å². The lowest BCUT2D eigenvalue weighted by molar-refractivity contribution is -0.169. The number of carboxylic acid groups (broad SMARTS) is 1. The predicted octanol–water partition coefficient (Wildman–Crippen LogP) is 3.40. The van der Waals surface area contributed by atoms with Gasteiger partial charge in [-0.1, -0.05) is 20.8 Å². The lowest BCUT2D eigenvalue weighted by atomic mass is 9.83. The van der Waals surface area contributed by atoms with Crippen LogP contribution in [0.3, 0.4) is 0 Å². The average Bonchev–Trinajstić information content (AvgIpc) is 2.97. The van der Waals surface area contributed by atoms with Gasteiger partial charge in [-0.2, -0.15) is 0 Å². The third-order valence-corrected chi connectivity index (χ3v) is 10.2. The normalized spacial score (nSPS) is 28.4. The molecule has 128 valence electrons. The molecule has 5 nitrogen and oxygen atoms in total. The van der Waals surface area contributed by atoms with Crippen LogP contribution in [0, 0.1) is 5.41 Å². The summed E-state index contributed by atoms with van der Waals surface area (Å²) in [5.41, 5.74) is -0.771. The highest BCUT2D eigenvalue weighted by atomic mass is 28.4. The minimum Gasteiger partial charge on any atom is -0.481 e. The Morgan fingerprint density at radius 2 is 1.82 bits per heavy atom.